The van der Waals surface area contributed by atoms with Gasteiger partial charge in [-0.15, -0.1) is 0 Å². The molecule has 1 saturated heterocycles. The number of carbonyl (C=O) groups is 1. The zero-order valence-corrected chi connectivity index (χ0v) is 18.8. The molecule has 0 radical (unpaired) electrons. The molecular weight excluding hydrogens is 416 g/mol. The van der Waals surface area contributed by atoms with Crippen LogP contribution in [0, 0.1) is 5.41 Å². The predicted molar refractivity (Wildman–Crippen MR) is 124 cm³/mol. The van der Waals surface area contributed by atoms with Gasteiger partial charge in [0.25, 0.3) is 5.91 Å². The van der Waals surface area contributed by atoms with Gasteiger partial charge in [0.15, 0.2) is 0 Å². The first-order valence-corrected chi connectivity index (χ1v) is 11.3. The fourth-order valence-corrected chi connectivity index (χ4v) is 5.01. The molecule has 2 aliphatic rings. The van der Waals surface area contributed by atoms with Crippen LogP contribution in [0.3, 0.4) is 0 Å². The van der Waals surface area contributed by atoms with Gasteiger partial charge in [0.2, 0.25) is 0 Å². The summed E-state index contributed by atoms with van der Waals surface area (Å²) < 4.78 is 9.07. The van der Waals surface area contributed by atoms with E-state index in [4.69, 9.17) is 4.74 Å². The number of aromatic nitrogens is 5. The Hall–Kier alpha value is -3.52. The summed E-state index contributed by atoms with van der Waals surface area (Å²) >= 11 is 0. The van der Waals surface area contributed by atoms with Gasteiger partial charge in [-0.1, -0.05) is 6.07 Å². The topological polar surface area (TPSA) is 86.9 Å². The van der Waals surface area contributed by atoms with Crippen LogP contribution < -0.4 is 5.32 Å². The molecule has 1 saturated carbocycles. The maximum Gasteiger partial charge on any atom is 0.270 e. The van der Waals surface area contributed by atoms with Crippen molar-refractivity contribution in [3.8, 4) is 11.3 Å². The second kappa shape index (κ2) is 7.52. The van der Waals surface area contributed by atoms with Crippen molar-refractivity contribution in [1.29, 1.82) is 0 Å². The number of amides is 1. The Balaban J connectivity index is 1.24. The minimum Gasteiger partial charge on any atom is -0.380 e. The Bertz CT molecular complexity index is 1340. The minimum absolute atomic E-state index is 0.107. The van der Waals surface area contributed by atoms with Crippen molar-refractivity contribution >= 4 is 16.9 Å². The first-order chi connectivity index (χ1) is 16.0. The van der Waals surface area contributed by atoms with Crippen LogP contribution in [-0.4, -0.2) is 49.5 Å². The van der Waals surface area contributed by atoms with Crippen LogP contribution in [0.2, 0.25) is 0 Å². The fourth-order valence-electron chi connectivity index (χ4n) is 5.01. The van der Waals surface area contributed by atoms with Gasteiger partial charge in [-0.05, 0) is 48.6 Å². The van der Waals surface area contributed by atoms with Crippen LogP contribution in [0.1, 0.15) is 34.5 Å². The number of ether oxygens (including phenoxy) is 1. The molecule has 0 aromatic carbocycles. The Kier molecular flexibility index (Phi) is 4.58. The van der Waals surface area contributed by atoms with E-state index < -0.39 is 0 Å². The lowest BCUT2D eigenvalue weighted by molar-refractivity contribution is -0.165. The molecule has 1 N–H and O–H groups in total. The number of fused-ring (bicyclic) bond motifs is 1. The molecule has 1 spiro atoms. The lowest BCUT2D eigenvalue weighted by Gasteiger charge is -2.53. The fraction of sp³-hybridized carbons (Fsp3) is 0.360. The number of hydrogen-bond acceptors (Lipinski definition) is 5. The van der Waals surface area contributed by atoms with Crippen molar-refractivity contribution in [3.05, 3.63) is 65.9 Å². The summed E-state index contributed by atoms with van der Waals surface area (Å²) in [6, 6.07) is 8.29. The van der Waals surface area contributed by atoms with Crippen LogP contribution in [0.15, 0.2) is 49.1 Å². The van der Waals surface area contributed by atoms with Gasteiger partial charge in [0, 0.05) is 55.1 Å². The average Bonchev–Trinajstić information content (AvgIpc) is 3.35. The SMILES string of the molecule is Cn1cc(-c2ccc(Cc3cc(C(=O)NC4CC5(COC5)C4)nc4c3ccn4C)cn2)cn1. The van der Waals surface area contributed by atoms with E-state index in [1.807, 2.05) is 55.6 Å². The van der Waals surface area contributed by atoms with Gasteiger partial charge < -0.3 is 14.6 Å². The number of rotatable bonds is 5. The summed E-state index contributed by atoms with van der Waals surface area (Å²) in [6.45, 7) is 1.65. The largest absolute Gasteiger partial charge is 0.380 e. The summed E-state index contributed by atoms with van der Waals surface area (Å²) in [6.07, 6.45) is 10.3. The van der Waals surface area contributed by atoms with E-state index in [1.165, 1.54) is 0 Å². The van der Waals surface area contributed by atoms with E-state index in [0.29, 0.717) is 17.5 Å². The zero-order chi connectivity index (χ0) is 22.6. The molecule has 0 bridgehead atoms. The van der Waals surface area contributed by atoms with Crippen molar-refractivity contribution < 1.29 is 9.53 Å². The number of pyridine rings is 2. The quantitative estimate of drug-likeness (QED) is 0.514. The van der Waals surface area contributed by atoms with Gasteiger partial charge in [-0.25, -0.2) is 4.98 Å². The molecule has 33 heavy (non-hydrogen) atoms. The van der Waals surface area contributed by atoms with Crippen molar-refractivity contribution in [2.24, 2.45) is 19.5 Å². The first kappa shape index (κ1) is 20.1. The third-order valence-corrected chi connectivity index (χ3v) is 6.89. The normalized spacial score (nSPS) is 17.2. The summed E-state index contributed by atoms with van der Waals surface area (Å²) in [5.74, 6) is -0.107. The molecule has 1 amide bonds. The number of nitrogens with one attached hydrogen (secondary N) is 1. The summed E-state index contributed by atoms with van der Waals surface area (Å²) in [7, 11) is 3.85. The highest BCUT2D eigenvalue weighted by molar-refractivity contribution is 5.96. The monoisotopic (exact) mass is 442 g/mol. The van der Waals surface area contributed by atoms with Crippen LogP contribution in [-0.2, 0) is 25.3 Å². The van der Waals surface area contributed by atoms with Crippen molar-refractivity contribution in [1.82, 2.24) is 29.6 Å². The number of nitrogens with zero attached hydrogens (tertiary/aromatic N) is 5. The highest BCUT2D eigenvalue weighted by Crippen LogP contribution is 2.46. The third-order valence-electron chi connectivity index (χ3n) is 6.89. The van der Waals surface area contributed by atoms with Gasteiger partial charge in [0.1, 0.15) is 11.3 Å². The Morgan fingerprint density at radius 2 is 2.06 bits per heavy atom. The Morgan fingerprint density at radius 3 is 2.73 bits per heavy atom. The molecule has 4 aromatic rings. The molecule has 2 fully saturated rings. The van der Waals surface area contributed by atoms with Crippen molar-refractivity contribution in [2.75, 3.05) is 13.2 Å². The van der Waals surface area contributed by atoms with Gasteiger partial charge in [-0.2, -0.15) is 5.10 Å². The van der Waals surface area contributed by atoms with E-state index in [1.54, 1.807) is 4.68 Å². The molecule has 1 aliphatic heterocycles. The van der Waals surface area contributed by atoms with Gasteiger partial charge in [0.05, 0.1) is 25.1 Å². The molecule has 168 valence electrons. The number of carbonyl (C=O) groups excluding carboxylic acids is 1. The maximum atomic E-state index is 13.0. The van der Waals surface area contributed by atoms with E-state index >= 15 is 0 Å². The summed E-state index contributed by atoms with van der Waals surface area (Å²) in [5, 5.41) is 8.44. The smallest absolute Gasteiger partial charge is 0.270 e. The molecule has 4 aromatic heterocycles. The van der Waals surface area contributed by atoms with E-state index in [-0.39, 0.29) is 11.9 Å². The molecular formula is C25H26N6O2. The molecule has 8 nitrogen and oxygen atoms in total. The second-order valence-electron chi connectivity index (χ2n) is 9.53. The first-order valence-electron chi connectivity index (χ1n) is 11.3. The molecule has 8 heteroatoms. The molecule has 6 rings (SSSR count). The lowest BCUT2D eigenvalue weighted by Crippen LogP contribution is -2.59. The van der Waals surface area contributed by atoms with Crippen LogP contribution in [0.4, 0.5) is 0 Å². The minimum atomic E-state index is -0.107. The Labute approximate surface area is 191 Å². The highest BCUT2D eigenvalue weighted by atomic mass is 16.5. The van der Waals surface area contributed by atoms with Crippen LogP contribution >= 0.6 is 0 Å². The van der Waals surface area contributed by atoms with Gasteiger partial charge >= 0.3 is 0 Å². The summed E-state index contributed by atoms with van der Waals surface area (Å²) in [5.41, 5.74) is 5.62. The van der Waals surface area contributed by atoms with Gasteiger partial charge in [-0.3, -0.25) is 14.5 Å². The van der Waals surface area contributed by atoms with E-state index in [0.717, 1.165) is 59.5 Å². The molecule has 1 aliphatic carbocycles. The predicted octanol–water partition coefficient (Wildman–Crippen LogP) is 2.87. The van der Waals surface area contributed by atoms with E-state index in [2.05, 4.69) is 32.5 Å². The average molecular weight is 443 g/mol. The highest BCUT2D eigenvalue weighted by Gasteiger charge is 2.50. The number of hydrogen-bond donors (Lipinski definition) is 1. The number of aryl methyl sites for hydroxylation is 2. The molecule has 0 atom stereocenters. The third kappa shape index (κ3) is 3.60. The molecule has 5 heterocycles. The standard InChI is InChI=1S/C25H26N6O2/c1-30-6-5-20-17(7-16-3-4-21(26-11-16)18-12-27-31(2)13-18)8-22(29-23(20)30)24(32)28-19-9-25(10-19)14-33-15-25/h3-6,8,11-13,19H,7,9-10,14-15H2,1-2H3,(H,28,32). The van der Waals surface area contributed by atoms with Crippen molar-refractivity contribution in [3.63, 3.8) is 0 Å². The maximum absolute atomic E-state index is 13.0. The zero-order valence-electron chi connectivity index (χ0n) is 18.8. The molecule has 0 unspecified atom stereocenters. The van der Waals surface area contributed by atoms with Crippen LogP contribution in [0.25, 0.3) is 22.3 Å². The summed E-state index contributed by atoms with van der Waals surface area (Å²) in [4.78, 5) is 22.3. The lowest BCUT2D eigenvalue weighted by atomic mass is 9.64. The van der Waals surface area contributed by atoms with Crippen LogP contribution in [0.5, 0.6) is 0 Å². The Morgan fingerprint density at radius 1 is 1.21 bits per heavy atom. The second-order valence-corrected chi connectivity index (χ2v) is 9.53. The van der Waals surface area contributed by atoms with Crippen molar-refractivity contribution in [2.45, 2.75) is 25.3 Å². The van der Waals surface area contributed by atoms with E-state index in [9.17, 15) is 4.79 Å².